The number of aryl methyl sites for hydroxylation is 1. The van der Waals surface area contributed by atoms with Crippen LogP contribution >= 0.6 is 0 Å². The normalized spacial score (nSPS) is 16.8. The van der Waals surface area contributed by atoms with Crippen molar-refractivity contribution in [1.29, 1.82) is 0 Å². The van der Waals surface area contributed by atoms with Crippen LogP contribution in [-0.4, -0.2) is 17.4 Å². The summed E-state index contributed by atoms with van der Waals surface area (Å²) in [7, 11) is 0. The lowest BCUT2D eigenvalue weighted by Crippen LogP contribution is -2.22. The summed E-state index contributed by atoms with van der Waals surface area (Å²) in [5.41, 5.74) is 2.28. The molecule has 164 valence electrons. The molecule has 4 rings (SSSR count). The van der Waals surface area contributed by atoms with Crippen molar-refractivity contribution in [1.82, 2.24) is 10.3 Å². The maximum Gasteiger partial charge on any atom is 0.243 e. The van der Waals surface area contributed by atoms with Crippen molar-refractivity contribution in [2.24, 2.45) is 5.92 Å². The standard InChI is InChI=1S/C27H26F2N2O/c28-24-10-3-8-21(16-24)27(22-9-4-11-25(29)17-22)18-23(27)12-13-26(32)31-15-2-1-6-20-7-5-14-30-19-20/h3-5,7-14,16-17,19,23H,1-2,6,15,18H2,(H,31,32)/b13-12-/t23-/m0/s1. The van der Waals surface area contributed by atoms with E-state index in [2.05, 4.69) is 10.3 Å². The Balaban J connectivity index is 1.35. The number of unbranched alkanes of at least 4 members (excludes halogenated alkanes) is 1. The third kappa shape index (κ3) is 5.10. The van der Waals surface area contributed by atoms with Crippen molar-refractivity contribution < 1.29 is 13.6 Å². The molecule has 0 aliphatic heterocycles. The van der Waals surface area contributed by atoms with Gasteiger partial charge >= 0.3 is 0 Å². The second kappa shape index (κ2) is 9.86. The highest BCUT2D eigenvalue weighted by Gasteiger charge is 2.55. The van der Waals surface area contributed by atoms with Crippen molar-refractivity contribution in [3.63, 3.8) is 0 Å². The van der Waals surface area contributed by atoms with Crippen LogP contribution in [0.4, 0.5) is 8.78 Å². The lowest BCUT2D eigenvalue weighted by molar-refractivity contribution is -0.116. The fourth-order valence-electron chi connectivity index (χ4n) is 4.36. The van der Waals surface area contributed by atoms with Gasteiger partial charge in [-0.3, -0.25) is 9.78 Å². The number of aromatic nitrogens is 1. The van der Waals surface area contributed by atoms with Crippen LogP contribution in [0.25, 0.3) is 0 Å². The Bertz CT molecular complexity index is 1050. The lowest BCUT2D eigenvalue weighted by Gasteiger charge is -2.18. The minimum absolute atomic E-state index is 0.00225. The second-order valence-corrected chi connectivity index (χ2v) is 8.27. The SMILES string of the molecule is O=C(/C=C\[C@H]1CC1(c1cccc(F)c1)c1cccc(F)c1)NCCCCc1cccnc1. The highest BCUT2D eigenvalue weighted by atomic mass is 19.1. The van der Waals surface area contributed by atoms with Gasteiger partial charge in [0.2, 0.25) is 5.91 Å². The molecule has 0 spiro atoms. The molecule has 1 fully saturated rings. The Morgan fingerprint density at radius 3 is 2.38 bits per heavy atom. The summed E-state index contributed by atoms with van der Waals surface area (Å²) >= 11 is 0. The third-order valence-corrected chi connectivity index (χ3v) is 6.09. The molecule has 1 atom stereocenters. The average Bonchev–Trinajstić information content (AvgIpc) is 3.54. The molecular weight excluding hydrogens is 406 g/mol. The van der Waals surface area contributed by atoms with Gasteiger partial charge in [-0.2, -0.15) is 0 Å². The van der Waals surface area contributed by atoms with E-state index < -0.39 is 5.41 Å². The number of hydrogen-bond acceptors (Lipinski definition) is 2. The Morgan fingerprint density at radius 1 is 1.03 bits per heavy atom. The van der Waals surface area contributed by atoms with Crippen molar-refractivity contribution in [3.8, 4) is 0 Å². The Morgan fingerprint density at radius 2 is 1.75 bits per heavy atom. The molecule has 0 saturated heterocycles. The van der Waals surface area contributed by atoms with Crippen LogP contribution in [0.5, 0.6) is 0 Å². The number of amides is 1. The molecule has 1 saturated carbocycles. The van der Waals surface area contributed by atoms with E-state index in [4.69, 9.17) is 0 Å². The predicted molar refractivity (Wildman–Crippen MR) is 121 cm³/mol. The largest absolute Gasteiger partial charge is 0.353 e. The Hall–Kier alpha value is -3.34. The van der Waals surface area contributed by atoms with Crippen molar-refractivity contribution >= 4 is 5.91 Å². The van der Waals surface area contributed by atoms with Gasteiger partial charge in [-0.15, -0.1) is 0 Å². The molecule has 3 aromatic rings. The van der Waals surface area contributed by atoms with Gasteiger partial charge < -0.3 is 5.32 Å². The van der Waals surface area contributed by atoms with E-state index in [1.807, 2.05) is 36.5 Å². The number of rotatable bonds is 9. The number of halogens is 2. The van der Waals surface area contributed by atoms with Crippen LogP contribution in [0.3, 0.4) is 0 Å². The Labute approximate surface area is 187 Å². The summed E-state index contributed by atoms with van der Waals surface area (Å²) in [5.74, 6) is -0.790. The van der Waals surface area contributed by atoms with Gasteiger partial charge in [-0.1, -0.05) is 36.4 Å². The highest BCUT2D eigenvalue weighted by molar-refractivity contribution is 5.87. The zero-order valence-electron chi connectivity index (χ0n) is 17.8. The first-order valence-corrected chi connectivity index (χ1v) is 10.9. The number of benzene rings is 2. The maximum absolute atomic E-state index is 13.9. The monoisotopic (exact) mass is 432 g/mol. The Kier molecular flexibility index (Phi) is 6.74. The topological polar surface area (TPSA) is 42.0 Å². The van der Waals surface area contributed by atoms with Gasteiger partial charge in [0.15, 0.2) is 0 Å². The summed E-state index contributed by atoms with van der Waals surface area (Å²) in [6.45, 7) is 0.604. The second-order valence-electron chi connectivity index (χ2n) is 8.27. The van der Waals surface area contributed by atoms with Crippen LogP contribution in [-0.2, 0) is 16.6 Å². The van der Waals surface area contributed by atoms with Gasteiger partial charge in [-0.05, 0) is 84.7 Å². The number of pyridine rings is 1. The first kappa shape index (κ1) is 21.9. The number of nitrogens with one attached hydrogen (secondary N) is 1. The molecule has 1 N–H and O–H groups in total. The molecule has 0 radical (unpaired) electrons. The van der Waals surface area contributed by atoms with E-state index in [0.29, 0.717) is 13.0 Å². The summed E-state index contributed by atoms with van der Waals surface area (Å²) in [4.78, 5) is 16.4. The third-order valence-electron chi connectivity index (χ3n) is 6.09. The summed E-state index contributed by atoms with van der Waals surface area (Å²) in [5, 5.41) is 2.92. The molecule has 32 heavy (non-hydrogen) atoms. The number of carbonyl (C=O) groups excluding carboxylic acids is 1. The van der Waals surface area contributed by atoms with E-state index in [0.717, 1.165) is 30.4 Å². The van der Waals surface area contributed by atoms with E-state index in [-0.39, 0.29) is 23.5 Å². The molecule has 1 aliphatic carbocycles. The van der Waals surface area contributed by atoms with Gasteiger partial charge in [0.25, 0.3) is 0 Å². The zero-order valence-corrected chi connectivity index (χ0v) is 17.8. The number of allylic oxidation sites excluding steroid dienone is 1. The van der Waals surface area contributed by atoms with Gasteiger partial charge in [-0.25, -0.2) is 8.78 Å². The molecule has 5 heteroatoms. The molecule has 0 unspecified atom stereocenters. The minimum Gasteiger partial charge on any atom is -0.353 e. The van der Waals surface area contributed by atoms with Crippen LogP contribution in [0.15, 0.2) is 85.2 Å². The van der Waals surface area contributed by atoms with Gasteiger partial charge in [0.1, 0.15) is 11.6 Å². The average molecular weight is 433 g/mol. The fraction of sp³-hybridized carbons (Fsp3) is 0.259. The summed E-state index contributed by atoms with van der Waals surface area (Å²) < 4.78 is 27.8. The summed E-state index contributed by atoms with van der Waals surface area (Å²) in [6.07, 6.45) is 10.5. The van der Waals surface area contributed by atoms with Crippen molar-refractivity contribution in [2.75, 3.05) is 6.54 Å². The quantitative estimate of drug-likeness (QED) is 0.365. The molecule has 0 bridgehead atoms. The molecule has 1 heterocycles. The fourth-order valence-corrected chi connectivity index (χ4v) is 4.36. The number of hydrogen-bond donors (Lipinski definition) is 1. The first-order chi connectivity index (χ1) is 15.6. The van der Waals surface area contributed by atoms with E-state index in [9.17, 15) is 13.6 Å². The number of carbonyl (C=O) groups is 1. The maximum atomic E-state index is 13.9. The van der Waals surface area contributed by atoms with Crippen molar-refractivity contribution in [3.05, 3.63) is 114 Å². The molecule has 1 aliphatic rings. The first-order valence-electron chi connectivity index (χ1n) is 10.9. The van der Waals surface area contributed by atoms with E-state index >= 15 is 0 Å². The van der Waals surface area contributed by atoms with Crippen LogP contribution in [0, 0.1) is 17.6 Å². The van der Waals surface area contributed by atoms with E-state index in [1.54, 1.807) is 24.4 Å². The zero-order chi connectivity index (χ0) is 22.4. The van der Waals surface area contributed by atoms with Gasteiger partial charge in [0, 0.05) is 24.4 Å². The smallest absolute Gasteiger partial charge is 0.243 e. The predicted octanol–water partition coefficient (Wildman–Crippen LogP) is 5.36. The molecule has 2 aromatic carbocycles. The molecule has 1 amide bonds. The van der Waals surface area contributed by atoms with E-state index in [1.165, 1.54) is 29.8 Å². The highest BCUT2D eigenvalue weighted by Crippen LogP contribution is 2.59. The lowest BCUT2D eigenvalue weighted by atomic mass is 9.85. The molecule has 1 aromatic heterocycles. The van der Waals surface area contributed by atoms with Crippen LogP contribution < -0.4 is 5.32 Å². The van der Waals surface area contributed by atoms with Gasteiger partial charge in [0.05, 0.1) is 0 Å². The number of nitrogens with zero attached hydrogens (tertiary/aromatic N) is 1. The van der Waals surface area contributed by atoms with Crippen molar-refractivity contribution in [2.45, 2.75) is 31.1 Å². The summed E-state index contributed by atoms with van der Waals surface area (Å²) in [6, 6.07) is 16.8. The van der Waals surface area contributed by atoms with Crippen LogP contribution in [0.2, 0.25) is 0 Å². The minimum atomic E-state index is -0.509. The molecule has 3 nitrogen and oxygen atoms in total. The van der Waals surface area contributed by atoms with Crippen LogP contribution in [0.1, 0.15) is 36.0 Å². The molecular formula is C27H26F2N2O.